The third-order valence-corrected chi connectivity index (χ3v) is 6.63. The lowest BCUT2D eigenvalue weighted by Crippen LogP contribution is -2.15. The number of aromatic amines is 2. The van der Waals surface area contributed by atoms with Crippen molar-refractivity contribution in [2.24, 2.45) is 9.98 Å². The fraction of sp³-hybridized carbons (Fsp3) is 0.286. The zero-order valence-electron chi connectivity index (χ0n) is 20.3. The second kappa shape index (κ2) is 8.07. The molecule has 5 nitrogen and oxygen atoms in total. The van der Waals surface area contributed by atoms with E-state index in [1.165, 1.54) is 22.3 Å². The van der Waals surface area contributed by atoms with Gasteiger partial charge in [0.1, 0.15) is 0 Å². The monoisotopic (exact) mass is 437 g/mol. The Morgan fingerprint density at radius 3 is 2.48 bits per heavy atom. The van der Waals surface area contributed by atoms with E-state index in [4.69, 9.17) is 9.98 Å². The SMILES string of the molecule is CCC1=C(C)C2=NC1=Cc1[nH]c(c(C)c1CC)C=c1ccc([nH]1)=C1C=CC(=N1)/C2=C/N(C)C. The quantitative estimate of drug-likeness (QED) is 0.745. The van der Waals surface area contributed by atoms with Crippen molar-refractivity contribution in [2.45, 2.75) is 40.5 Å². The summed E-state index contributed by atoms with van der Waals surface area (Å²) in [6.07, 6.45) is 12.6. The molecule has 0 atom stereocenters. The van der Waals surface area contributed by atoms with Gasteiger partial charge in [-0.05, 0) is 85.4 Å². The minimum atomic E-state index is 0.934. The largest absolute Gasteiger partial charge is 0.383 e. The molecule has 8 bridgehead atoms. The maximum atomic E-state index is 5.18. The number of nitrogens with one attached hydrogen (secondary N) is 2. The number of hydrogen-bond donors (Lipinski definition) is 2. The molecule has 168 valence electrons. The highest BCUT2D eigenvalue weighted by Gasteiger charge is 2.26. The maximum Gasteiger partial charge on any atom is 0.0872 e. The standard InChI is InChI=1S/C28H31N5/c1-7-19-16(3)25-13-18-9-10-23(29-18)24-12-11-22(30-24)21(15-33(5)6)28-17(4)20(8-2)27(32-28)14-26(19)31-25/h9-15,29,31H,7-8H2,1-6H3/b18-13?,21-15-,24-23?,27-14?. The Kier molecular flexibility index (Phi) is 5.20. The predicted molar refractivity (Wildman–Crippen MR) is 139 cm³/mol. The summed E-state index contributed by atoms with van der Waals surface area (Å²) in [4.78, 5) is 19.4. The number of hydrogen-bond acceptors (Lipinski definition) is 3. The highest BCUT2D eigenvalue weighted by molar-refractivity contribution is 6.35. The fourth-order valence-electron chi connectivity index (χ4n) is 4.94. The summed E-state index contributed by atoms with van der Waals surface area (Å²) in [6.45, 7) is 8.81. The van der Waals surface area contributed by atoms with Crippen LogP contribution in [0.2, 0.25) is 0 Å². The van der Waals surface area contributed by atoms with Gasteiger partial charge in [-0.1, -0.05) is 13.8 Å². The highest BCUT2D eigenvalue weighted by atomic mass is 15.0. The van der Waals surface area contributed by atoms with Gasteiger partial charge in [0.25, 0.3) is 0 Å². The number of nitrogens with zero attached hydrogens (tertiary/aromatic N) is 3. The maximum absolute atomic E-state index is 5.18. The Bertz CT molecular complexity index is 1460. The molecule has 3 aliphatic rings. The molecule has 0 saturated carbocycles. The summed E-state index contributed by atoms with van der Waals surface area (Å²) in [6, 6.07) is 4.22. The van der Waals surface area contributed by atoms with Crippen LogP contribution < -0.4 is 10.7 Å². The van der Waals surface area contributed by atoms with Crippen LogP contribution in [0.1, 0.15) is 49.7 Å². The molecule has 0 radical (unpaired) electrons. The van der Waals surface area contributed by atoms with E-state index < -0.39 is 0 Å². The molecule has 0 amide bonds. The van der Waals surface area contributed by atoms with E-state index in [9.17, 15) is 0 Å². The van der Waals surface area contributed by atoms with Gasteiger partial charge in [0.05, 0.1) is 28.2 Å². The molecule has 0 aliphatic carbocycles. The van der Waals surface area contributed by atoms with Crippen molar-refractivity contribution in [3.05, 3.63) is 86.1 Å². The predicted octanol–water partition coefficient (Wildman–Crippen LogP) is 4.14. The van der Waals surface area contributed by atoms with Gasteiger partial charge in [-0.2, -0.15) is 0 Å². The van der Waals surface area contributed by atoms with Gasteiger partial charge >= 0.3 is 0 Å². The van der Waals surface area contributed by atoms with E-state index in [1.54, 1.807) is 0 Å². The average Bonchev–Trinajstić information content (AvgIpc) is 3.54. The van der Waals surface area contributed by atoms with Gasteiger partial charge in [-0.3, -0.25) is 0 Å². The van der Waals surface area contributed by atoms with Crippen LogP contribution in [0, 0.1) is 6.92 Å². The number of rotatable bonds is 3. The minimum Gasteiger partial charge on any atom is -0.383 e. The van der Waals surface area contributed by atoms with Gasteiger partial charge < -0.3 is 14.9 Å². The number of allylic oxidation sites excluding steroid dienone is 4. The normalized spacial score (nSPS) is 18.2. The van der Waals surface area contributed by atoms with E-state index in [0.29, 0.717) is 0 Å². The van der Waals surface area contributed by atoms with Crippen molar-refractivity contribution in [1.29, 1.82) is 0 Å². The molecule has 5 heteroatoms. The van der Waals surface area contributed by atoms with Crippen LogP contribution in [-0.2, 0) is 6.42 Å². The van der Waals surface area contributed by atoms with Crippen LogP contribution in [-0.4, -0.2) is 40.4 Å². The molecule has 5 heterocycles. The summed E-state index contributed by atoms with van der Waals surface area (Å²) in [5.74, 6) is 0. The molecule has 2 aromatic rings. The molecule has 5 rings (SSSR count). The van der Waals surface area contributed by atoms with Crippen molar-refractivity contribution in [3.8, 4) is 0 Å². The first-order chi connectivity index (χ1) is 15.9. The number of H-pyrrole nitrogens is 2. The molecule has 2 N–H and O–H groups in total. The lowest BCUT2D eigenvalue weighted by atomic mass is 9.96. The average molecular weight is 438 g/mol. The smallest absolute Gasteiger partial charge is 0.0872 e. The Labute approximate surface area is 195 Å². The number of aromatic nitrogens is 2. The van der Waals surface area contributed by atoms with Crippen LogP contribution in [0.3, 0.4) is 0 Å². The molecular formula is C28H31N5. The topological polar surface area (TPSA) is 59.5 Å². The van der Waals surface area contributed by atoms with Crippen molar-refractivity contribution >= 4 is 29.3 Å². The van der Waals surface area contributed by atoms with Crippen molar-refractivity contribution in [2.75, 3.05) is 14.1 Å². The summed E-state index contributed by atoms with van der Waals surface area (Å²) < 4.78 is 0. The van der Waals surface area contributed by atoms with E-state index in [2.05, 4.69) is 85.2 Å². The van der Waals surface area contributed by atoms with Crippen LogP contribution in [0.4, 0.5) is 0 Å². The third-order valence-electron chi connectivity index (χ3n) is 6.63. The second-order valence-electron chi connectivity index (χ2n) is 9.05. The first-order valence-electron chi connectivity index (χ1n) is 11.7. The molecule has 0 aromatic carbocycles. The van der Waals surface area contributed by atoms with Crippen LogP contribution in [0.15, 0.2) is 62.9 Å². The van der Waals surface area contributed by atoms with Crippen molar-refractivity contribution in [1.82, 2.24) is 14.9 Å². The summed E-state index contributed by atoms with van der Waals surface area (Å²) in [7, 11) is 4.09. The third kappa shape index (κ3) is 3.58. The van der Waals surface area contributed by atoms with Gasteiger partial charge in [0.2, 0.25) is 0 Å². The van der Waals surface area contributed by atoms with Crippen molar-refractivity contribution in [3.63, 3.8) is 0 Å². The summed E-state index contributed by atoms with van der Waals surface area (Å²) in [5.41, 5.74) is 12.4. The lowest BCUT2D eigenvalue weighted by Gasteiger charge is -2.12. The first kappa shape index (κ1) is 21.3. The van der Waals surface area contributed by atoms with Gasteiger partial charge in [-0.15, -0.1) is 0 Å². The van der Waals surface area contributed by atoms with E-state index >= 15 is 0 Å². The zero-order chi connectivity index (χ0) is 23.3. The van der Waals surface area contributed by atoms with Crippen LogP contribution in [0.5, 0.6) is 0 Å². The Morgan fingerprint density at radius 1 is 0.939 bits per heavy atom. The van der Waals surface area contributed by atoms with Crippen LogP contribution in [0.25, 0.3) is 17.8 Å². The van der Waals surface area contributed by atoms with Crippen LogP contribution >= 0.6 is 0 Å². The van der Waals surface area contributed by atoms with Gasteiger partial charge in [0.15, 0.2) is 0 Å². The molecule has 33 heavy (non-hydrogen) atoms. The first-order valence-corrected chi connectivity index (χ1v) is 11.7. The van der Waals surface area contributed by atoms with E-state index in [-0.39, 0.29) is 0 Å². The molecule has 0 unspecified atom stereocenters. The number of fused-ring (bicyclic) bond motifs is 6. The molecule has 0 saturated heterocycles. The molecule has 3 aliphatic heterocycles. The second-order valence-corrected chi connectivity index (χ2v) is 9.05. The van der Waals surface area contributed by atoms with Crippen molar-refractivity contribution < 1.29 is 0 Å². The lowest BCUT2D eigenvalue weighted by molar-refractivity contribution is 0.563. The molecule has 0 spiro atoms. The molecule has 0 fully saturated rings. The fourth-order valence-corrected chi connectivity index (χ4v) is 4.94. The van der Waals surface area contributed by atoms with Gasteiger partial charge in [0, 0.05) is 42.6 Å². The Hall–Kier alpha value is -3.60. The van der Waals surface area contributed by atoms with E-state index in [1.807, 2.05) is 14.1 Å². The number of aliphatic imine (C=N–C) groups is 2. The highest BCUT2D eigenvalue weighted by Crippen LogP contribution is 2.34. The minimum absolute atomic E-state index is 0.934. The van der Waals surface area contributed by atoms with E-state index in [0.717, 1.165) is 63.3 Å². The summed E-state index contributed by atoms with van der Waals surface area (Å²) in [5, 5.41) is 2.07. The zero-order valence-corrected chi connectivity index (χ0v) is 20.3. The molecular weight excluding hydrogens is 406 g/mol. The Balaban J connectivity index is 1.87. The molecule has 2 aromatic heterocycles. The van der Waals surface area contributed by atoms with Gasteiger partial charge in [-0.25, -0.2) is 9.98 Å². The summed E-state index contributed by atoms with van der Waals surface area (Å²) >= 11 is 0. The Morgan fingerprint density at radius 2 is 1.76 bits per heavy atom.